The minimum absolute atomic E-state index is 0.332. The maximum Gasteiger partial charge on any atom is 0.254 e. The van der Waals surface area contributed by atoms with Crippen molar-refractivity contribution in [3.63, 3.8) is 0 Å². The van der Waals surface area contributed by atoms with Gasteiger partial charge in [0.15, 0.2) is 0 Å². The largest absolute Gasteiger partial charge is 0.495 e. The molecule has 0 bridgehead atoms. The van der Waals surface area contributed by atoms with E-state index in [2.05, 4.69) is 23.3 Å². The molecular formula is C22H21N3O3S. The number of dihydropyridines is 1. The molecular weight excluding hydrogens is 386 g/mol. The predicted molar refractivity (Wildman–Crippen MR) is 114 cm³/mol. The van der Waals surface area contributed by atoms with Crippen LogP contribution in [0.1, 0.15) is 18.6 Å². The second-order valence-electron chi connectivity index (χ2n) is 6.22. The minimum atomic E-state index is -0.613. The molecule has 1 aliphatic heterocycles. The molecule has 2 N–H and O–H groups in total. The van der Waals surface area contributed by atoms with Crippen molar-refractivity contribution in [3.8, 4) is 11.8 Å². The molecule has 1 aliphatic rings. The van der Waals surface area contributed by atoms with E-state index in [-0.39, 0.29) is 5.91 Å². The number of nitrogens with one attached hydrogen (secondary N) is 2. The third-order valence-electron chi connectivity index (χ3n) is 4.42. The van der Waals surface area contributed by atoms with E-state index in [4.69, 9.17) is 9.15 Å². The van der Waals surface area contributed by atoms with Crippen LogP contribution >= 0.6 is 11.8 Å². The summed E-state index contributed by atoms with van der Waals surface area (Å²) in [6, 6.07) is 12.9. The number of rotatable bonds is 7. The lowest BCUT2D eigenvalue weighted by Crippen LogP contribution is -2.30. The number of carbonyl (C=O) groups is 1. The summed E-state index contributed by atoms with van der Waals surface area (Å²) in [5.41, 5.74) is 2.06. The maximum atomic E-state index is 13.3. The van der Waals surface area contributed by atoms with Gasteiger partial charge in [0, 0.05) is 11.4 Å². The van der Waals surface area contributed by atoms with E-state index >= 15 is 0 Å². The molecule has 0 unspecified atom stereocenters. The lowest BCUT2D eigenvalue weighted by Gasteiger charge is -2.28. The van der Waals surface area contributed by atoms with Gasteiger partial charge in [-0.15, -0.1) is 18.3 Å². The van der Waals surface area contributed by atoms with Gasteiger partial charge >= 0.3 is 0 Å². The van der Waals surface area contributed by atoms with Gasteiger partial charge in [-0.1, -0.05) is 18.2 Å². The summed E-state index contributed by atoms with van der Waals surface area (Å²) in [7, 11) is 1.54. The van der Waals surface area contributed by atoms with Crippen molar-refractivity contribution in [1.29, 1.82) is 5.26 Å². The van der Waals surface area contributed by atoms with Crippen molar-refractivity contribution >= 4 is 23.4 Å². The standard InChI is InChI=1S/C22H21N3O3S/c1-4-12-29-22-15(13-23)20(18-10-7-11-28-18)19(14(2)24-22)21(26)25-16-8-5-6-9-17(16)27-3/h4-11,20,24H,1,12H2,2-3H3,(H,25,26)/t20-/m1/s1. The Morgan fingerprint density at radius 3 is 2.86 bits per heavy atom. The molecule has 0 saturated heterocycles. The highest BCUT2D eigenvalue weighted by Crippen LogP contribution is 2.41. The Morgan fingerprint density at radius 1 is 1.41 bits per heavy atom. The first-order valence-corrected chi connectivity index (χ1v) is 9.92. The topological polar surface area (TPSA) is 87.3 Å². The molecule has 0 spiro atoms. The number of ether oxygens (including phenoxy) is 1. The van der Waals surface area contributed by atoms with E-state index in [9.17, 15) is 10.1 Å². The van der Waals surface area contributed by atoms with Gasteiger partial charge in [0.2, 0.25) is 0 Å². The molecule has 29 heavy (non-hydrogen) atoms. The molecule has 3 rings (SSSR count). The number of carbonyl (C=O) groups excluding carboxylic acids is 1. The SMILES string of the molecule is C=CCSC1=C(C#N)[C@H](c2ccco2)C(C(=O)Nc2ccccc2OC)=C(C)N1. The van der Waals surface area contributed by atoms with E-state index < -0.39 is 5.92 Å². The predicted octanol–water partition coefficient (Wildman–Crippen LogP) is 4.54. The van der Waals surface area contributed by atoms with Gasteiger partial charge in [-0.25, -0.2) is 0 Å². The summed E-state index contributed by atoms with van der Waals surface area (Å²) in [6.07, 6.45) is 3.30. The number of hydrogen-bond donors (Lipinski definition) is 2. The number of nitriles is 1. The Bertz CT molecular complexity index is 1020. The van der Waals surface area contributed by atoms with Crippen LogP contribution in [-0.2, 0) is 4.79 Å². The van der Waals surface area contributed by atoms with Crippen molar-refractivity contribution in [1.82, 2.24) is 5.32 Å². The first kappa shape index (κ1) is 20.4. The zero-order chi connectivity index (χ0) is 20.8. The molecule has 1 aromatic heterocycles. The van der Waals surface area contributed by atoms with Crippen molar-refractivity contribution < 1.29 is 13.9 Å². The number of benzene rings is 1. The fraction of sp³-hybridized carbons (Fsp3) is 0.182. The third kappa shape index (κ3) is 4.23. The Kier molecular flexibility index (Phi) is 6.47. The minimum Gasteiger partial charge on any atom is -0.495 e. The second kappa shape index (κ2) is 9.22. The van der Waals surface area contributed by atoms with Gasteiger partial charge in [-0.3, -0.25) is 4.79 Å². The number of amides is 1. The van der Waals surface area contributed by atoms with Gasteiger partial charge in [0.25, 0.3) is 5.91 Å². The van der Waals surface area contributed by atoms with Crippen molar-refractivity contribution in [3.05, 3.63) is 82.9 Å². The molecule has 0 fully saturated rings. The molecule has 1 aromatic carbocycles. The zero-order valence-electron chi connectivity index (χ0n) is 16.2. The lowest BCUT2D eigenvalue weighted by molar-refractivity contribution is -0.113. The highest BCUT2D eigenvalue weighted by atomic mass is 32.2. The summed E-state index contributed by atoms with van der Waals surface area (Å²) in [5, 5.41) is 16.7. The summed E-state index contributed by atoms with van der Waals surface area (Å²) >= 11 is 1.46. The third-order valence-corrected chi connectivity index (χ3v) is 5.43. The number of para-hydroxylation sites is 2. The van der Waals surface area contributed by atoms with Crippen LogP contribution in [-0.4, -0.2) is 18.8 Å². The molecule has 148 valence electrons. The van der Waals surface area contributed by atoms with Gasteiger partial charge < -0.3 is 19.8 Å². The average Bonchev–Trinajstić information content (AvgIpc) is 3.26. The molecule has 0 saturated carbocycles. The van der Waals surface area contributed by atoms with Crippen molar-refractivity contribution in [2.45, 2.75) is 12.8 Å². The van der Waals surface area contributed by atoms with E-state index in [0.29, 0.717) is 44.8 Å². The number of anilines is 1. The van der Waals surface area contributed by atoms with E-state index in [1.807, 2.05) is 19.1 Å². The smallest absolute Gasteiger partial charge is 0.254 e. The Hall–Kier alpha value is -3.37. The summed E-state index contributed by atoms with van der Waals surface area (Å²) < 4.78 is 10.9. The molecule has 0 aliphatic carbocycles. The van der Waals surface area contributed by atoms with Crippen LogP contribution in [0.3, 0.4) is 0 Å². The van der Waals surface area contributed by atoms with Crippen LogP contribution < -0.4 is 15.4 Å². The van der Waals surface area contributed by atoms with Crippen LogP contribution in [0.4, 0.5) is 5.69 Å². The zero-order valence-corrected chi connectivity index (χ0v) is 17.0. The first-order valence-electron chi connectivity index (χ1n) is 8.94. The Balaban J connectivity index is 2.03. The molecule has 0 radical (unpaired) electrons. The average molecular weight is 407 g/mol. The highest BCUT2D eigenvalue weighted by molar-refractivity contribution is 8.03. The van der Waals surface area contributed by atoms with Crippen LogP contribution in [0.2, 0.25) is 0 Å². The molecule has 1 amide bonds. The summed E-state index contributed by atoms with van der Waals surface area (Å²) in [6.45, 7) is 5.54. The molecule has 2 aromatic rings. The van der Waals surface area contributed by atoms with Crippen LogP contribution in [0.25, 0.3) is 0 Å². The van der Waals surface area contributed by atoms with E-state index in [0.717, 1.165) is 0 Å². The first-order chi connectivity index (χ1) is 14.1. The number of thioether (sulfide) groups is 1. The Morgan fingerprint density at radius 2 is 2.21 bits per heavy atom. The van der Waals surface area contributed by atoms with Gasteiger partial charge in [-0.2, -0.15) is 5.26 Å². The Labute approximate surface area is 173 Å². The molecule has 1 atom stereocenters. The van der Waals surface area contributed by atoms with Crippen LogP contribution in [0.15, 0.2) is 81.6 Å². The fourth-order valence-electron chi connectivity index (χ4n) is 3.15. The van der Waals surface area contributed by atoms with Crippen molar-refractivity contribution in [2.24, 2.45) is 0 Å². The van der Waals surface area contributed by atoms with E-state index in [1.165, 1.54) is 18.0 Å². The van der Waals surface area contributed by atoms with Gasteiger partial charge in [0.05, 0.1) is 47.2 Å². The molecule has 6 nitrogen and oxygen atoms in total. The summed E-state index contributed by atoms with van der Waals surface area (Å²) in [4.78, 5) is 13.3. The molecule has 7 heteroatoms. The number of furan rings is 1. The number of nitrogens with zero attached hydrogens (tertiary/aromatic N) is 1. The van der Waals surface area contributed by atoms with Crippen LogP contribution in [0.5, 0.6) is 5.75 Å². The van der Waals surface area contributed by atoms with Crippen LogP contribution in [0, 0.1) is 11.3 Å². The highest BCUT2D eigenvalue weighted by Gasteiger charge is 2.36. The monoisotopic (exact) mass is 407 g/mol. The number of methoxy groups -OCH3 is 1. The fourth-order valence-corrected chi connectivity index (χ4v) is 3.98. The molecule has 2 heterocycles. The number of hydrogen-bond acceptors (Lipinski definition) is 6. The second-order valence-corrected chi connectivity index (χ2v) is 7.25. The number of allylic oxidation sites excluding steroid dienone is 2. The summed E-state index contributed by atoms with van der Waals surface area (Å²) in [5.74, 6) is 0.772. The van der Waals surface area contributed by atoms with Crippen molar-refractivity contribution in [2.75, 3.05) is 18.2 Å². The van der Waals surface area contributed by atoms with Gasteiger partial charge in [-0.05, 0) is 31.2 Å². The van der Waals surface area contributed by atoms with Gasteiger partial charge in [0.1, 0.15) is 11.5 Å². The van der Waals surface area contributed by atoms with E-state index in [1.54, 1.807) is 37.5 Å². The lowest BCUT2D eigenvalue weighted by atomic mass is 9.85. The normalized spacial score (nSPS) is 16.1. The maximum absolute atomic E-state index is 13.3. The quantitative estimate of drug-likeness (QED) is 0.655.